The number of thiocarbonyl (C=S) groups is 1. The van der Waals surface area contributed by atoms with Gasteiger partial charge in [0.1, 0.15) is 0 Å². The summed E-state index contributed by atoms with van der Waals surface area (Å²) in [6, 6.07) is 6.99. The third kappa shape index (κ3) is 2.71. The van der Waals surface area contributed by atoms with Gasteiger partial charge in [-0.1, -0.05) is 36.0 Å². The molecule has 5 heteroatoms. The second-order valence-electron chi connectivity index (χ2n) is 3.92. The van der Waals surface area contributed by atoms with Gasteiger partial charge in [0.25, 0.3) is 0 Å². The maximum Gasteiger partial charge on any atom is 0.236 e. The Labute approximate surface area is 105 Å². The van der Waals surface area contributed by atoms with Gasteiger partial charge in [-0.15, -0.1) is 0 Å². The number of carbonyl (C=O) groups is 1. The second kappa shape index (κ2) is 4.80. The molecule has 0 aliphatic heterocycles. The van der Waals surface area contributed by atoms with Gasteiger partial charge < -0.3 is 11.1 Å². The first-order valence-electron chi connectivity index (χ1n) is 4.71. The minimum absolute atomic E-state index is 0.150. The normalized spacial score (nSPS) is 10.9. The molecule has 0 aliphatic carbocycles. The molecule has 86 valence electrons. The molecule has 0 saturated carbocycles. The van der Waals surface area contributed by atoms with Gasteiger partial charge >= 0.3 is 0 Å². The number of rotatable bonds is 3. The van der Waals surface area contributed by atoms with E-state index in [1.807, 2.05) is 0 Å². The average Bonchev–Trinajstić information content (AvgIpc) is 2.21. The molecule has 0 unspecified atom stereocenters. The standard InChI is InChI=1S/C11H13ClN2OS/c1-11(2,9(13)16)10(15)14-8-6-4-3-5-7(8)12/h3-6H,1-2H3,(H2,13,16)(H,14,15). The van der Waals surface area contributed by atoms with Crippen molar-refractivity contribution in [2.75, 3.05) is 5.32 Å². The number of nitrogens with one attached hydrogen (secondary N) is 1. The summed E-state index contributed by atoms with van der Waals surface area (Å²) in [5.74, 6) is -0.270. The zero-order valence-corrected chi connectivity index (χ0v) is 10.7. The number of amides is 1. The van der Waals surface area contributed by atoms with Crippen molar-refractivity contribution in [3.63, 3.8) is 0 Å². The van der Waals surface area contributed by atoms with Crippen LogP contribution in [0.25, 0.3) is 0 Å². The van der Waals surface area contributed by atoms with E-state index in [-0.39, 0.29) is 10.9 Å². The first-order chi connectivity index (χ1) is 7.35. The van der Waals surface area contributed by atoms with Crippen molar-refractivity contribution in [2.24, 2.45) is 11.1 Å². The number of para-hydroxylation sites is 1. The second-order valence-corrected chi connectivity index (χ2v) is 4.77. The zero-order chi connectivity index (χ0) is 12.3. The predicted octanol–water partition coefficient (Wildman–Crippen LogP) is 2.59. The summed E-state index contributed by atoms with van der Waals surface area (Å²) in [5.41, 5.74) is 5.16. The molecular weight excluding hydrogens is 244 g/mol. The Morgan fingerprint density at radius 1 is 1.44 bits per heavy atom. The molecule has 0 aromatic heterocycles. The Balaban J connectivity index is 2.88. The molecule has 3 nitrogen and oxygen atoms in total. The van der Waals surface area contributed by atoms with E-state index in [9.17, 15) is 4.79 Å². The molecule has 1 aromatic rings. The van der Waals surface area contributed by atoms with Crippen LogP contribution in [0.3, 0.4) is 0 Å². The topological polar surface area (TPSA) is 55.1 Å². The Morgan fingerprint density at radius 3 is 2.50 bits per heavy atom. The van der Waals surface area contributed by atoms with Crippen LogP contribution in [0.4, 0.5) is 5.69 Å². The Kier molecular flexibility index (Phi) is 3.88. The largest absolute Gasteiger partial charge is 0.392 e. The molecule has 3 N–H and O–H groups in total. The first-order valence-corrected chi connectivity index (χ1v) is 5.50. The highest BCUT2D eigenvalue weighted by Gasteiger charge is 2.31. The van der Waals surface area contributed by atoms with E-state index < -0.39 is 5.41 Å². The third-order valence-electron chi connectivity index (χ3n) is 2.31. The van der Waals surface area contributed by atoms with Crippen LogP contribution >= 0.6 is 23.8 Å². The number of hydrogen-bond donors (Lipinski definition) is 2. The number of anilines is 1. The molecule has 0 saturated heterocycles. The fourth-order valence-corrected chi connectivity index (χ4v) is 1.23. The summed E-state index contributed by atoms with van der Waals surface area (Å²) in [6.45, 7) is 3.34. The van der Waals surface area contributed by atoms with Crippen molar-refractivity contribution >= 4 is 40.4 Å². The highest BCUT2D eigenvalue weighted by molar-refractivity contribution is 7.80. The maximum absolute atomic E-state index is 11.9. The summed E-state index contributed by atoms with van der Waals surface area (Å²) in [6.07, 6.45) is 0. The van der Waals surface area contributed by atoms with Crippen LogP contribution in [0.1, 0.15) is 13.8 Å². The number of hydrogen-bond acceptors (Lipinski definition) is 2. The summed E-state index contributed by atoms with van der Waals surface area (Å²) in [7, 11) is 0. The monoisotopic (exact) mass is 256 g/mol. The summed E-state index contributed by atoms with van der Waals surface area (Å²) in [4.78, 5) is 12.0. The minimum Gasteiger partial charge on any atom is -0.392 e. The lowest BCUT2D eigenvalue weighted by Crippen LogP contribution is -2.41. The van der Waals surface area contributed by atoms with Crippen molar-refractivity contribution < 1.29 is 4.79 Å². The molecule has 1 aromatic carbocycles. The van der Waals surface area contributed by atoms with Crippen LogP contribution in [-0.4, -0.2) is 10.9 Å². The maximum atomic E-state index is 11.9. The predicted molar refractivity (Wildman–Crippen MR) is 70.6 cm³/mol. The highest BCUT2D eigenvalue weighted by Crippen LogP contribution is 2.24. The van der Waals surface area contributed by atoms with Gasteiger partial charge in [-0.3, -0.25) is 4.79 Å². The molecule has 1 rings (SSSR count). The van der Waals surface area contributed by atoms with E-state index in [2.05, 4.69) is 5.32 Å². The van der Waals surface area contributed by atoms with Crippen LogP contribution in [-0.2, 0) is 4.79 Å². The molecule has 0 heterocycles. The van der Waals surface area contributed by atoms with Crippen LogP contribution in [0.5, 0.6) is 0 Å². The van der Waals surface area contributed by atoms with Gasteiger partial charge in [-0.05, 0) is 26.0 Å². The fraction of sp³-hybridized carbons (Fsp3) is 0.273. The van der Waals surface area contributed by atoms with Crippen molar-refractivity contribution in [3.05, 3.63) is 29.3 Å². The summed E-state index contributed by atoms with van der Waals surface area (Å²) < 4.78 is 0. The molecular formula is C11H13ClN2OS. The fourth-order valence-electron chi connectivity index (χ4n) is 0.953. The van der Waals surface area contributed by atoms with Crippen molar-refractivity contribution in [1.29, 1.82) is 0 Å². The number of nitrogens with two attached hydrogens (primary N) is 1. The quantitative estimate of drug-likeness (QED) is 0.818. The molecule has 16 heavy (non-hydrogen) atoms. The smallest absolute Gasteiger partial charge is 0.236 e. The Hall–Kier alpha value is -1.13. The summed E-state index contributed by atoms with van der Waals surface area (Å²) in [5, 5.41) is 3.17. The molecule has 1 amide bonds. The van der Waals surface area contributed by atoms with Gasteiger partial charge in [0.05, 0.1) is 21.1 Å². The van der Waals surface area contributed by atoms with Crippen molar-refractivity contribution in [3.8, 4) is 0 Å². The molecule has 0 aliphatic rings. The van der Waals surface area contributed by atoms with Gasteiger partial charge in [0.15, 0.2) is 0 Å². The zero-order valence-electron chi connectivity index (χ0n) is 9.08. The van der Waals surface area contributed by atoms with Crippen LogP contribution in [0, 0.1) is 5.41 Å². The lowest BCUT2D eigenvalue weighted by Gasteiger charge is -2.22. The first kappa shape index (κ1) is 12.9. The summed E-state index contributed by atoms with van der Waals surface area (Å²) >= 11 is 10.8. The van der Waals surface area contributed by atoms with E-state index in [0.29, 0.717) is 10.7 Å². The van der Waals surface area contributed by atoms with E-state index in [4.69, 9.17) is 29.6 Å². The highest BCUT2D eigenvalue weighted by atomic mass is 35.5. The average molecular weight is 257 g/mol. The molecule has 0 fully saturated rings. The molecule has 0 spiro atoms. The van der Waals surface area contributed by atoms with E-state index in [1.54, 1.807) is 38.1 Å². The van der Waals surface area contributed by atoms with E-state index in [0.717, 1.165) is 0 Å². The van der Waals surface area contributed by atoms with Gasteiger partial charge in [0, 0.05) is 0 Å². The van der Waals surface area contributed by atoms with Crippen molar-refractivity contribution in [1.82, 2.24) is 0 Å². The lowest BCUT2D eigenvalue weighted by molar-refractivity contribution is -0.121. The van der Waals surface area contributed by atoms with Gasteiger partial charge in [0.2, 0.25) is 5.91 Å². The SMILES string of the molecule is CC(C)(C(=O)Nc1ccccc1Cl)C(N)=S. The molecule has 0 radical (unpaired) electrons. The molecule has 0 atom stereocenters. The van der Waals surface area contributed by atoms with E-state index >= 15 is 0 Å². The molecule has 0 bridgehead atoms. The third-order valence-corrected chi connectivity index (χ3v) is 3.15. The van der Waals surface area contributed by atoms with Gasteiger partial charge in [-0.25, -0.2) is 0 Å². The Bertz CT molecular complexity index is 432. The number of carbonyl (C=O) groups excluding carboxylic acids is 1. The van der Waals surface area contributed by atoms with Gasteiger partial charge in [-0.2, -0.15) is 0 Å². The van der Waals surface area contributed by atoms with Crippen LogP contribution in [0.2, 0.25) is 5.02 Å². The number of benzene rings is 1. The van der Waals surface area contributed by atoms with Crippen LogP contribution < -0.4 is 11.1 Å². The van der Waals surface area contributed by atoms with Crippen LogP contribution in [0.15, 0.2) is 24.3 Å². The van der Waals surface area contributed by atoms with E-state index in [1.165, 1.54) is 0 Å². The number of halogens is 1. The lowest BCUT2D eigenvalue weighted by atomic mass is 9.92. The minimum atomic E-state index is -0.894. The Morgan fingerprint density at radius 2 is 2.00 bits per heavy atom. The van der Waals surface area contributed by atoms with Crippen molar-refractivity contribution in [2.45, 2.75) is 13.8 Å².